The molecule has 3 aliphatic rings. The van der Waals surface area contributed by atoms with E-state index < -0.39 is 48.9 Å². The fraction of sp³-hybridized carbons (Fsp3) is 0.590. The van der Waals surface area contributed by atoms with Crippen molar-refractivity contribution in [1.29, 1.82) is 0 Å². The van der Waals surface area contributed by atoms with Crippen molar-refractivity contribution < 1.29 is 33.4 Å². The Balaban J connectivity index is 1.66. The SMILES string of the molecule is C=CC(=C)O[C@@H](c1ccccc1)N(C(C)N=C(N)[C@@H]1CCCN1C(=O)[C@@H](NC(=O)OC)C(C)C)C1CN=C([C@@H]2CCCN2C(=O)[C@@H](NC(=O)OC)C(C)C)N1. The predicted octanol–water partition coefficient (Wildman–Crippen LogP) is 3.48. The van der Waals surface area contributed by atoms with Crippen LogP contribution in [-0.4, -0.2) is 121 Å². The Bertz CT molecular complexity index is 1600. The number of benzene rings is 1. The zero-order valence-corrected chi connectivity index (χ0v) is 33.2. The van der Waals surface area contributed by atoms with Crippen molar-refractivity contribution >= 4 is 35.7 Å². The number of nitrogens with one attached hydrogen (secondary N) is 3. The third-order valence-corrected chi connectivity index (χ3v) is 10.2. The van der Waals surface area contributed by atoms with E-state index in [1.165, 1.54) is 20.3 Å². The van der Waals surface area contributed by atoms with Gasteiger partial charge in [0.05, 0.1) is 32.8 Å². The fourth-order valence-electron chi connectivity index (χ4n) is 7.32. The number of allylic oxidation sites excluding steroid dienone is 1. The van der Waals surface area contributed by atoms with Crippen molar-refractivity contribution in [2.45, 2.75) is 103 Å². The Morgan fingerprint density at radius 2 is 1.51 bits per heavy atom. The van der Waals surface area contributed by atoms with Crippen LogP contribution in [0.4, 0.5) is 9.59 Å². The van der Waals surface area contributed by atoms with E-state index in [1.807, 2.05) is 69.9 Å². The molecule has 1 aromatic carbocycles. The van der Waals surface area contributed by atoms with Crippen LogP contribution < -0.4 is 21.7 Å². The summed E-state index contributed by atoms with van der Waals surface area (Å²) < 4.78 is 16.0. The number of nitrogens with zero attached hydrogens (tertiary/aromatic N) is 5. The van der Waals surface area contributed by atoms with Gasteiger partial charge in [-0.2, -0.15) is 0 Å². The van der Waals surface area contributed by atoms with Crippen molar-refractivity contribution in [3.8, 4) is 0 Å². The second kappa shape index (κ2) is 19.5. The molecule has 4 rings (SSSR count). The van der Waals surface area contributed by atoms with Gasteiger partial charge in [-0.3, -0.25) is 19.6 Å². The molecule has 16 nitrogen and oxygen atoms in total. The summed E-state index contributed by atoms with van der Waals surface area (Å²) in [5, 5.41) is 8.96. The fourth-order valence-corrected chi connectivity index (χ4v) is 7.32. The van der Waals surface area contributed by atoms with E-state index in [0.29, 0.717) is 50.5 Å². The molecular formula is C39H59N9O7. The van der Waals surface area contributed by atoms with E-state index in [4.69, 9.17) is 29.9 Å². The zero-order chi connectivity index (χ0) is 40.4. The number of carbonyl (C=O) groups excluding carboxylic acids is 4. The van der Waals surface area contributed by atoms with E-state index in [2.05, 4.69) is 29.1 Å². The van der Waals surface area contributed by atoms with E-state index in [9.17, 15) is 19.2 Å². The smallest absolute Gasteiger partial charge is 0.407 e. The molecule has 0 bridgehead atoms. The first-order valence-corrected chi connectivity index (χ1v) is 19.0. The van der Waals surface area contributed by atoms with Crippen LogP contribution in [0.25, 0.3) is 0 Å². The van der Waals surface area contributed by atoms with Gasteiger partial charge < -0.3 is 45.7 Å². The van der Waals surface area contributed by atoms with Crippen molar-refractivity contribution in [3.05, 3.63) is 60.9 Å². The van der Waals surface area contributed by atoms with Crippen LogP contribution in [0.3, 0.4) is 0 Å². The molecule has 4 amide bonds. The Labute approximate surface area is 324 Å². The lowest BCUT2D eigenvalue weighted by Crippen LogP contribution is -2.57. The number of hydrogen-bond acceptors (Lipinski definition) is 11. The topological polar surface area (TPSA) is 193 Å². The quantitative estimate of drug-likeness (QED) is 0.0637. The third-order valence-electron chi connectivity index (χ3n) is 10.2. The van der Waals surface area contributed by atoms with Crippen LogP contribution in [-0.2, 0) is 23.8 Å². The van der Waals surface area contributed by atoms with Crippen LogP contribution in [0, 0.1) is 11.8 Å². The largest absolute Gasteiger partial charge is 0.471 e. The highest BCUT2D eigenvalue weighted by atomic mass is 16.5. The molecule has 2 fully saturated rings. The van der Waals surface area contributed by atoms with Crippen molar-refractivity contribution in [3.63, 3.8) is 0 Å². The molecule has 1 aromatic rings. The molecule has 55 heavy (non-hydrogen) atoms. The molecule has 0 aromatic heterocycles. The molecule has 7 atom stereocenters. The Morgan fingerprint density at radius 1 is 0.945 bits per heavy atom. The number of likely N-dealkylation sites (tertiary alicyclic amines) is 2. The van der Waals surface area contributed by atoms with Crippen molar-refractivity contribution in [2.75, 3.05) is 33.9 Å². The standard InChI is InChI=1S/C39H59N9O7/c1-10-25(6)55-37(27-16-12-11-13-17-27)48(26(7)42-33(40)28-18-14-20-46(28)35(49)31(23(2)3)44-38(51)53-8)30-22-41-34(43-30)29-19-15-21-47(29)36(50)32(24(4)5)45-39(52)54-9/h10-13,16-17,23-24,26,28-32,37H,1,6,14-15,18-22H2,2-5,7-9H3,(H2,40,42)(H,41,43)(H,44,51)(H,45,52)/t26?,28-,29-,30?,31-,32-,37-/m0/s1. The second-order valence-electron chi connectivity index (χ2n) is 14.7. The third kappa shape index (κ3) is 10.3. The molecular weight excluding hydrogens is 706 g/mol. The van der Waals surface area contributed by atoms with Gasteiger partial charge in [-0.1, -0.05) is 71.2 Å². The number of nitrogens with two attached hydrogens (primary N) is 1. The monoisotopic (exact) mass is 765 g/mol. The summed E-state index contributed by atoms with van der Waals surface area (Å²) in [6.07, 6.45) is 1.14. The second-order valence-corrected chi connectivity index (χ2v) is 14.7. The molecule has 3 aliphatic heterocycles. The van der Waals surface area contributed by atoms with Crippen LogP contribution in [0.5, 0.6) is 0 Å². The van der Waals surface area contributed by atoms with E-state index in [-0.39, 0.29) is 35.5 Å². The van der Waals surface area contributed by atoms with E-state index in [1.54, 1.807) is 9.80 Å². The number of ether oxygens (including phenoxy) is 3. The van der Waals surface area contributed by atoms with Gasteiger partial charge in [-0.25, -0.2) is 14.5 Å². The highest BCUT2D eigenvalue weighted by Crippen LogP contribution is 2.32. The summed E-state index contributed by atoms with van der Waals surface area (Å²) in [6, 6.07) is 7.23. The maximum absolute atomic E-state index is 13.9. The van der Waals surface area contributed by atoms with E-state index in [0.717, 1.165) is 12.0 Å². The summed E-state index contributed by atoms with van der Waals surface area (Å²) in [5.41, 5.74) is 7.62. The van der Waals surface area contributed by atoms with Gasteiger partial charge in [0.1, 0.15) is 41.8 Å². The molecule has 2 unspecified atom stereocenters. The normalized spacial score (nSPS) is 22.0. The molecule has 0 saturated carbocycles. The Morgan fingerprint density at radius 3 is 2.07 bits per heavy atom. The molecule has 0 spiro atoms. The summed E-state index contributed by atoms with van der Waals surface area (Å²) in [4.78, 5) is 67.4. The molecule has 5 N–H and O–H groups in total. The Kier molecular flexibility index (Phi) is 15.1. The van der Waals surface area contributed by atoms with Gasteiger partial charge in [0.15, 0.2) is 6.23 Å². The number of amides is 4. The molecule has 3 heterocycles. The average molecular weight is 766 g/mol. The number of aliphatic imine (C=N–C) groups is 2. The lowest BCUT2D eigenvalue weighted by Gasteiger charge is -2.40. The van der Waals surface area contributed by atoms with Gasteiger partial charge >= 0.3 is 12.2 Å². The van der Waals surface area contributed by atoms with Gasteiger partial charge in [0.2, 0.25) is 11.8 Å². The van der Waals surface area contributed by atoms with Crippen molar-refractivity contribution in [2.24, 2.45) is 27.6 Å². The number of amidine groups is 2. The van der Waals surface area contributed by atoms with E-state index >= 15 is 0 Å². The number of carbonyl (C=O) groups is 4. The maximum Gasteiger partial charge on any atom is 0.407 e. The maximum atomic E-state index is 13.9. The highest BCUT2D eigenvalue weighted by molar-refractivity contribution is 5.96. The molecule has 0 radical (unpaired) electrons. The van der Waals surface area contributed by atoms with Gasteiger partial charge in [0.25, 0.3) is 0 Å². The van der Waals surface area contributed by atoms with Crippen LogP contribution in [0.1, 0.15) is 72.1 Å². The summed E-state index contributed by atoms with van der Waals surface area (Å²) >= 11 is 0. The van der Waals surface area contributed by atoms with Crippen LogP contribution in [0.15, 0.2) is 65.3 Å². The Hall–Kier alpha value is -5.12. The molecule has 2 saturated heterocycles. The predicted molar refractivity (Wildman–Crippen MR) is 210 cm³/mol. The van der Waals surface area contributed by atoms with Crippen molar-refractivity contribution in [1.82, 2.24) is 30.7 Å². The molecule has 0 aliphatic carbocycles. The van der Waals surface area contributed by atoms with Gasteiger partial charge in [-0.05, 0) is 50.5 Å². The first kappa shape index (κ1) is 42.6. The average Bonchev–Trinajstić information content (AvgIpc) is 3.96. The highest BCUT2D eigenvalue weighted by Gasteiger charge is 2.43. The van der Waals surface area contributed by atoms with Crippen LogP contribution >= 0.6 is 0 Å². The number of methoxy groups -OCH3 is 2. The number of alkyl carbamates (subject to hydrolysis) is 2. The number of hydrogen-bond donors (Lipinski definition) is 4. The van der Waals surface area contributed by atoms with Gasteiger partial charge in [-0.15, -0.1) is 0 Å². The first-order valence-electron chi connectivity index (χ1n) is 19.0. The summed E-state index contributed by atoms with van der Waals surface area (Å²) in [7, 11) is 2.53. The first-order chi connectivity index (χ1) is 26.2. The summed E-state index contributed by atoms with van der Waals surface area (Å²) in [5.74, 6) is 0.420. The lowest BCUT2D eigenvalue weighted by molar-refractivity contribution is -0.135. The minimum Gasteiger partial charge on any atom is -0.471 e. The number of rotatable bonds is 16. The molecule has 16 heteroatoms. The minimum absolute atomic E-state index is 0.174. The summed E-state index contributed by atoms with van der Waals surface area (Å²) in [6.45, 7) is 18.5. The molecule has 302 valence electrons. The lowest BCUT2D eigenvalue weighted by atomic mass is 10.0. The minimum atomic E-state index is -0.803. The van der Waals surface area contributed by atoms with Crippen LogP contribution in [0.2, 0.25) is 0 Å². The zero-order valence-electron chi connectivity index (χ0n) is 33.2. The van der Waals surface area contributed by atoms with Gasteiger partial charge in [0, 0.05) is 18.7 Å².